The van der Waals surface area contributed by atoms with E-state index in [-0.39, 0.29) is 11.8 Å². The molecule has 0 radical (unpaired) electrons. The third kappa shape index (κ3) is 4.20. The van der Waals surface area contributed by atoms with E-state index in [1.165, 1.54) is 12.1 Å². The smallest absolute Gasteiger partial charge is 0.256 e. The number of rotatable bonds is 4. The molecule has 4 heterocycles. The predicted octanol–water partition coefficient (Wildman–Crippen LogP) is 3.06. The molecule has 0 aliphatic carbocycles. The van der Waals surface area contributed by atoms with Crippen LogP contribution in [0.4, 0.5) is 10.1 Å². The Morgan fingerprint density at radius 3 is 2.82 bits per heavy atom. The monoisotopic (exact) mass is 452 g/mol. The molecule has 8 heteroatoms. The summed E-state index contributed by atoms with van der Waals surface area (Å²) in [6.07, 6.45) is 2.72. The van der Waals surface area contributed by atoms with E-state index in [4.69, 9.17) is 4.74 Å². The molecule has 0 bridgehead atoms. The Kier molecular flexibility index (Phi) is 5.80. The van der Waals surface area contributed by atoms with Crippen LogP contribution in [0.25, 0.3) is 11.6 Å². The van der Waals surface area contributed by atoms with E-state index in [0.717, 1.165) is 63.6 Å². The molecule has 2 N–H and O–H groups in total. The van der Waals surface area contributed by atoms with Crippen molar-refractivity contribution in [2.75, 3.05) is 51.3 Å². The van der Waals surface area contributed by atoms with Crippen LogP contribution in [0.2, 0.25) is 0 Å². The molecule has 2 fully saturated rings. The first-order chi connectivity index (χ1) is 15.9. The van der Waals surface area contributed by atoms with E-state index >= 15 is 0 Å². The SMILES string of the molecule is Cc1[nH]c(C=C2C(=O)Nc3ccc(F)cc32)c(C)c1C(=O)N1CCC(CN2CCOCC2)C1. The summed E-state index contributed by atoms with van der Waals surface area (Å²) in [6.45, 7) is 9.76. The molecule has 0 spiro atoms. The lowest BCUT2D eigenvalue weighted by atomic mass is 10.0. The number of halogens is 1. The largest absolute Gasteiger partial charge is 0.379 e. The number of aromatic amines is 1. The molecular weight excluding hydrogens is 423 g/mol. The van der Waals surface area contributed by atoms with Gasteiger partial charge in [-0.05, 0) is 56.0 Å². The predicted molar refractivity (Wildman–Crippen MR) is 124 cm³/mol. The number of morpholine rings is 1. The lowest BCUT2D eigenvalue weighted by molar-refractivity contribution is -0.110. The Morgan fingerprint density at radius 1 is 1.24 bits per heavy atom. The Balaban J connectivity index is 1.34. The maximum absolute atomic E-state index is 13.8. The van der Waals surface area contributed by atoms with Gasteiger partial charge in [-0.25, -0.2) is 4.39 Å². The number of amides is 2. The number of anilines is 1. The molecule has 3 aliphatic rings. The second-order valence-electron chi connectivity index (χ2n) is 9.18. The molecule has 7 nitrogen and oxygen atoms in total. The van der Waals surface area contributed by atoms with Gasteiger partial charge >= 0.3 is 0 Å². The first-order valence-corrected chi connectivity index (χ1v) is 11.5. The molecule has 2 aromatic rings. The van der Waals surface area contributed by atoms with Crippen molar-refractivity contribution < 1.29 is 18.7 Å². The first kappa shape index (κ1) is 21.9. The highest BCUT2D eigenvalue weighted by Crippen LogP contribution is 2.34. The van der Waals surface area contributed by atoms with Crippen LogP contribution < -0.4 is 5.32 Å². The molecule has 174 valence electrons. The van der Waals surface area contributed by atoms with Crippen LogP contribution in [0.1, 0.15) is 39.3 Å². The van der Waals surface area contributed by atoms with Gasteiger partial charge in [-0.2, -0.15) is 0 Å². The number of aryl methyl sites for hydroxylation is 1. The Morgan fingerprint density at radius 2 is 2.03 bits per heavy atom. The summed E-state index contributed by atoms with van der Waals surface area (Å²) in [4.78, 5) is 33.5. The highest BCUT2D eigenvalue weighted by Gasteiger charge is 2.31. The summed E-state index contributed by atoms with van der Waals surface area (Å²) < 4.78 is 19.2. The average molecular weight is 453 g/mol. The fraction of sp³-hybridized carbons (Fsp3) is 0.440. The molecule has 1 unspecified atom stereocenters. The number of carbonyl (C=O) groups is 2. The van der Waals surface area contributed by atoms with Gasteiger partial charge in [0.1, 0.15) is 5.82 Å². The van der Waals surface area contributed by atoms with Gasteiger partial charge in [-0.15, -0.1) is 0 Å². The number of likely N-dealkylation sites (tertiary alicyclic amines) is 1. The van der Waals surface area contributed by atoms with Crippen LogP contribution in [-0.4, -0.2) is 72.5 Å². The Hall–Kier alpha value is -2.97. The molecule has 33 heavy (non-hydrogen) atoms. The molecule has 3 aliphatic heterocycles. The van der Waals surface area contributed by atoms with Crippen molar-refractivity contribution in [1.82, 2.24) is 14.8 Å². The molecule has 2 saturated heterocycles. The van der Waals surface area contributed by atoms with E-state index in [9.17, 15) is 14.0 Å². The zero-order valence-corrected chi connectivity index (χ0v) is 19.0. The minimum Gasteiger partial charge on any atom is -0.379 e. The zero-order valence-electron chi connectivity index (χ0n) is 19.0. The molecular formula is C25H29FN4O3. The number of hydrogen-bond donors (Lipinski definition) is 2. The second kappa shape index (κ2) is 8.76. The summed E-state index contributed by atoms with van der Waals surface area (Å²) in [5, 5.41) is 2.77. The van der Waals surface area contributed by atoms with Gasteiger partial charge in [0.05, 0.1) is 24.4 Å². The van der Waals surface area contributed by atoms with Crippen LogP contribution in [-0.2, 0) is 9.53 Å². The summed E-state index contributed by atoms with van der Waals surface area (Å²) >= 11 is 0. The van der Waals surface area contributed by atoms with Gasteiger partial charge in [0.25, 0.3) is 11.8 Å². The van der Waals surface area contributed by atoms with Gasteiger partial charge in [0, 0.05) is 55.4 Å². The highest BCUT2D eigenvalue weighted by atomic mass is 19.1. The third-order valence-corrected chi connectivity index (χ3v) is 6.94. The summed E-state index contributed by atoms with van der Waals surface area (Å²) in [6, 6.07) is 4.24. The lowest BCUT2D eigenvalue weighted by Gasteiger charge is -2.29. The summed E-state index contributed by atoms with van der Waals surface area (Å²) in [5.41, 5.74) is 4.45. The van der Waals surface area contributed by atoms with Gasteiger partial charge in [0.15, 0.2) is 0 Å². The number of aromatic nitrogens is 1. The maximum Gasteiger partial charge on any atom is 0.256 e. The van der Waals surface area contributed by atoms with Crippen molar-refractivity contribution in [1.29, 1.82) is 0 Å². The number of H-pyrrole nitrogens is 1. The van der Waals surface area contributed by atoms with E-state index in [1.807, 2.05) is 18.7 Å². The molecule has 1 aromatic carbocycles. The van der Waals surface area contributed by atoms with Crippen molar-refractivity contribution in [3.05, 3.63) is 52.1 Å². The van der Waals surface area contributed by atoms with E-state index < -0.39 is 5.82 Å². The third-order valence-electron chi connectivity index (χ3n) is 6.94. The summed E-state index contributed by atoms with van der Waals surface area (Å²) in [5.74, 6) is -0.174. The normalized spacial score (nSPS) is 22.2. The van der Waals surface area contributed by atoms with Crippen LogP contribution in [0.3, 0.4) is 0 Å². The molecule has 0 saturated carbocycles. The van der Waals surface area contributed by atoms with E-state index in [2.05, 4.69) is 15.2 Å². The first-order valence-electron chi connectivity index (χ1n) is 11.5. The molecule has 1 atom stereocenters. The van der Waals surface area contributed by atoms with Gasteiger partial charge in [-0.1, -0.05) is 0 Å². The fourth-order valence-corrected chi connectivity index (χ4v) is 5.16. The topological polar surface area (TPSA) is 77.7 Å². The van der Waals surface area contributed by atoms with Crippen LogP contribution in [0.5, 0.6) is 0 Å². The minimum atomic E-state index is -0.396. The maximum atomic E-state index is 13.8. The van der Waals surface area contributed by atoms with Crippen molar-refractivity contribution in [3.8, 4) is 0 Å². The zero-order chi connectivity index (χ0) is 23.1. The van der Waals surface area contributed by atoms with Crippen molar-refractivity contribution in [2.45, 2.75) is 20.3 Å². The minimum absolute atomic E-state index is 0.0256. The Labute approximate surface area is 192 Å². The quantitative estimate of drug-likeness (QED) is 0.699. The van der Waals surface area contributed by atoms with Crippen molar-refractivity contribution in [2.24, 2.45) is 5.92 Å². The molecule has 5 rings (SSSR count). The van der Waals surface area contributed by atoms with Crippen LogP contribution in [0.15, 0.2) is 18.2 Å². The number of fused-ring (bicyclic) bond motifs is 1. The second-order valence-corrected chi connectivity index (χ2v) is 9.18. The van der Waals surface area contributed by atoms with E-state index in [1.54, 1.807) is 12.1 Å². The van der Waals surface area contributed by atoms with E-state index in [0.29, 0.717) is 34.0 Å². The van der Waals surface area contributed by atoms with Crippen LogP contribution >= 0.6 is 0 Å². The highest BCUT2D eigenvalue weighted by molar-refractivity contribution is 6.34. The number of carbonyl (C=O) groups excluding carboxylic acids is 2. The van der Waals surface area contributed by atoms with Crippen LogP contribution in [0, 0.1) is 25.6 Å². The number of ether oxygens (including phenoxy) is 1. The van der Waals surface area contributed by atoms with Gasteiger partial charge in [-0.3, -0.25) is 14.5 Å². The Bertz CT molecular complexity index is 1130. The standard InChI is InChI=1S/C25H29FN4O3/c1-15-22(12-20-19-11-18(26)3-4-21(19)28-24(20)31)27-16(2)23(15)25(32)30-6-5-17(14-30)13-29-7-9-33-10-8-29/h3-4,11-12,17,27H,5-10,13-14H2,1-2H3,(H,28,31). The van der Waals surface area contributed by atoms with Gasteiger partial charge in [0.2, 0.25) is 0 Å². The summed E-state index contributed by atoms with van der Waals surface area (Å²) in [7, 11) is 0. The number of benzene rings is 1. The lowest BCUT2D eigenvalue weighted by Crippen LogP contribution is -2.40. The average Bonchev–Trinajstić information content (AvgIpc) is 3.46. The van der Waals surface area contributed by atoms with Crippen molar-refractivity contribution >= 4 is 29.2 Å². The number of nitrogens with zero attached hydrogens (tertiary/aromatic N) is 2. The number of nitrogens with one attached hydrogen (secondary N) is 2. The number of hydrogen-bond acceptors (Lipinski definition) is 4. The fourth-order valence-electron chi connectivity index (χ4n) is 5.16. The van der Waals surface area contributed by atoms with Crippen molar-refractivity contribution in [3.63, 3.8) is 0 Å². The molecule has 2 amide bonds. The van der Waals surface area contributed by atoms with Gasteiger partial charge < -0.3 is 19.9 Å². The molecule has 1 aromatic heterocycles.